The van der Waals surface area contributed by atoms with Gasteiger partial charge in [0.1, 0.15) is 0 Å². The molecule has 1 fully saturated rings. The Morgan fingerprint density at radius 1 is 1.31 bits per heavy atom. The molecule has 0 amide bonds. The monoisotopic (exact) mass is 179 g/mol. The fourth-order valence-electron chi connectivity index (χ4n) is 2.22. The maximum absolute atomic E-state index is 3.57. The van der Waals surface area contributed by atoms with Crippen LogP contribution in [0.25, 0.3) is 0 Å². The smallest absolute Gasteiger partial charge is 0.00115 e. The molecule has 1 heteroatoms. The molecule has 0 unspecified atom stereocenters. The maximum atomic E-state index is 3.57. The lowest BCUT2D eigenvalue weighted by atomic mass is 9.85. The van der Waals surface area contributed by atoms with Crippen LogP contribution in [0.5, 0.6) is 0 Å². The van der Waals surface area contributed by atoms with Gasteiger partial charge < -0.3 is 5.32 Å². The van der Waals surface area contributed by atoms with Crippen LogP contribution in [0.1, 0.15) is 44.9 Å². The molecular formula is C12H21N. The third kappa shape index (κ3) is 2.84. The highest BCUT2D eigenvalue weighted by molar-refractivity contribution is 5.07. The molecule has 0 heterocycles. The van der Waals surface area contributed by atoms with Crippen molar-refractivity contribution in [3.63, 3.8) is 0 Å². The quantitative estimate of drug-likeness (QED) is 0.505. The molecule has 0 aromatic rings. The van der Waals surface area contributed by atoms with Gasteiger partial charge in [-0.25, -0.2) is 0 Å². The third-order valence-electron chi connectivity index (χ3n) is 3.42. The van der Waals surface area contributed by atoms with E-state index in [4.69, 9.17) is 0 Å². The molecule has 13 heavy (non-hydrogen) atoms. The van der Waals surface area contributed by atoms with Crippen LogP contribution < -0.4 is 5.32 Å². The van der Waals surface area contributed by atoms with E-state index in [1.54, 1.807) is 5.57 Å². The molecule has 1 saturated carbocycles. The van der Waals surface area contributed by atoms with Crippen molar-refractivity contribution in [2.24, 2.45) is 5.92 Å². The summed E-state index contributed by atoms with van der Waals surface area (Å²) in [4.78, 5) is 0. The lowest BCUT2D eigenvalue weighted by molar-refractivity contribution is 0.302. The molecule has 0 atom stereocenters. The average Bonchev–Trinajstić information content (AvgIpc) is 2.53. The lowest BCUT2D eigenvalue weighted by Crippen LogP contribution is -2.28. The number of hydrogen-bond acceptors (Lipinski definition) is 1. The maximum Gasteiger partial charge on any atom is -0.00115 e. The van der Waals surface area contributed by atoms with E-state index < -0.39 is 0 Å². The number of allylic oxidation sites excluding steroid dienone is 1. The fraction of sp³-hybridized carbons (Fsp3) is 0.833. The van der Waals surface area contributed by atoms with Crippen molar-refractivity contribution in [2.45, 2.75) is 44.9 Å². The fourth-order valence-corrected chi connectivity index (χ4v) is 2.22. The van der Waals surface area contributed by atoms with E-state index >= 15 is 0 Å². The first-order valence-corrected chi connectivity index (χ1v) is 5.84. The molecule has 74 valence electrons. The summed E-state index contributed by atoms with van der Waals surface area (Å²) in [6.07, 6.45) is 12.2. The van der Waals surface area contributed by atoms with E-state index in [2.05, 4.69) is 11.4 Å². The van der Waals surface area contributed by atoms with Gasteiger partial charge in [0.05, 0.1) is 0 Å². The Bertz CT molecular complexity index is 180. The molecule has 0 aliphatic heterocycles. The SMILES string of the molecule is C1=C(CCNCC2CCC2)CCC1. The first-order chi connectivity index (χ1) is 6.45. The third-order valence-corrected chi connectivity index (χ3v) is 3.42. The van der Waals surface area contributed by atoms with E-state index in [0.717, 1.165) is 5.92 Å². The van der Waals surface area contributed by atoms with Crippen LogP contribution in [0, 0.1) is 5.92 Å². The van der Waals surface area contributed by atoms with Crippen molar-refractivity contribution in [1.82, 2.24) is 5.32 Å². The number of nitrogens with one attached hydrogen (secondary N) is 1. The van der Waals surface area contributed by atoms with Gasteiger partial charge in [-0.1, -0.05) is 18.1 Å². The molecule has 0 aromatic carbocycles. The Morgan fingerprint density at radius 2 is 2.23 bits per heavy atom. The topological polar surface area (TPSA) is 12.0 Å². The van der Waals surface area contributed by atoms with E-state index in [-0.39, 0.29) is 0 Å². The standard InChI is InChI=1S/C12H21N/c1-2-5-11(4-1)8-9-13-10-12-6-3-7-12/h4,12-13H,1-3,5-10H2. The second-order valence-electron chi connectivity index (χ2n) is 4.51. The summed E-state index contributed by atoms with van der Waals surface area (Å²) in [5.74, 6) is 1.01. The predicted octanol–water partition coefficient (Wildman–Crippen LogP) is 2.88. The molecule has 1 N–H and O–H groups in total. The number of hydrogen-bond donors (Lipinski definition) is 1. The van der Waals surface area contributed by atoms with Gasteiger partial charge in [-0.05, 0) is 57.5 Å². The average molecular weight is 179 g/mol. The zero-order valence-electron chi connectivity index (χ0n) is 8.52. The largest absolute Gasteiger partial charge is 0.316 e. The Kier molecular flexibility index (Phi) is 3.42. The minimum atomic E-state index is 1.01. The molecule has 2 rings (SSSR count). The first-order valence-electron chi connectivity index (χ1n) is 5.84. The lowest BCUT2D eigenvalue weighted by Gasteiger charge is -2.25. The van der Waals surface area contributed by atoms with Crippen LogP contribution in [0.2, 0.25) is 0 Å². The highest BCUT2D eigenvalue weighted by Crippen LogP contribution is 2.25. The second-order valence-corrected chi connectivity index (χ2v) is 4.51. The van der Waals surface area contributed by atoms with Gasteiger partial charge in [-0.15, -0.1) is 0 Å². The predicted molar refractivity (Wildman–Crippen MR) is 56.8 cm³/mol. The van der Waals surface area contributed by atoms with Gasteiger partial charge in [0.15, 0.2) is 0 Å². The van der Waals surface area contributed by atoms with Crippen LogP contribution in [-0.4, -0.2) is 13.1 Å². The zero-order valence-corrected chi connectivity index (χ0v) is 8.52. The normalized spacial score (nSPS) is 22.9. The van der Waals surface area contributed by atoms with Gasteiger partial charge in [-0.3, -0.25) is 0 Å². The van der Waals surface area contributed by atoms with Crippen LogP contribution in [0.15, 0.2) is 11.6 Å². The van der Waals surface area contributed by atoms with E-state index in [1.165, 1.54) is 58.0 Å². The minimum Gasteiger partial charge on any atom is -0.316 e. The summed E-state index contributed by atoms with van der Waals surface area (Å²) < 4.78 is 0. The van der Waals surface area contributed by atoms with Crippen LogP contribution in [0.3, 0.4) is 0 Å². The van der Waals surface area contributed by atoms with Crippen LogP contribution in [-0.2, 0) is 0 Å². The summed E-state index contributed by atoms with van der Waals surface area (Å²) >= 11 is 0. The van der Waals surface area contributed by atoms with E-state index in [0.29, 0.717) is 0 Å². The number of rotatable bonds is 5. The molecule has 0 spiro atoms. The molecule has 2 aliphatic carbocycles. The summed E-state index contributed by atoms with van der Waals surface area (Å²) in [7, 11) is 0. The summed E-state index contributed by atoms with van der Waals surface area (Å²) in [6, 6.07) is 0. The van der Waals surface area contributed by atoms with Crippen molar-refractivity contribution in [3.05, 3.63) is 11.6 Å². The Morgan fingerprint density at radius 3 is 2.85 bits per heavy atom. The molecule has 0 aromatic heterocycles. The van der Waals surface area contributed by atoms with Crippen molar-refractivity contribution in [3.8, 4) is 0 Å². The molecule has 0 saturated heterocycles. The zero-order chi connectivity index (χ0) is 8.93. The van der Waals surface area contributed by atoms with Crippen LogP contribution in [0.4, 0.5) is 0 Å². The van der Waals surface area contributed by atoms with Crippen molar-refractivity contribution in [2.75, 3.05) is 13.1 Å². The summed E-state index contributed by atoms with van der Waals surface area (Å²) in [5, 5.41) is 3.57. The summed E-state index contributed by atoms with van der Waals surface area (Å²) in [6.45, 7) is 2.48. The molecule has 0 radical (unpaired) electrons. The van der Waals surface area contributed by atoms with Gasteiger partial charge in [0.25, 0.3) is 0 Å². The highest BCUT2D eigenvalue weighted by Gasteiger charge is 2.16. The molecule has 2 aliphatic rings. The van der Waals surface area contributed by atoms with Crippen molar-refractivity contribution >= 4 is 0 Å². The molecular weight excluding hydrogens is 158 g/mol. The van der Waals surface area contributed by atoms with Crippen molar-refractivity contribution in [1.29, 1.82) is 0 Å². The Labute approximate surface area is 81.6 Å². The van der Waals surface area contributed by atoms with Gasteiger partial charge in [-0.2, -0.15) is 0 Å². The minimum absolute atomic E-state index is 1.01. The Hall–Kier alpha value is -0.300. The van der Waals surface area contributed by atoms with Crippen molar-refractivity contribution < 1.29 is 0 Å². The first kappa shape index (κ1) is 9.26. The van der Waals surface area contributed by atoms with Gasteiger partial charge >= 0.3 is 0 Å². The van der Waals surface area contributed by atoms with Gasteiger partial charge in [0, 0.05) is 0 Å². The van der Waals surface area contributed by atoms with Gasteiger partial charge in [0.2, 0.25) is 0 Å². The van der Waals surface area contributed by atoms with E-state index in [9.17, 15) is 0 Å². The molecule has 1 nitrogen and oxygen atoms in total. The Balaban J connectivity index is 1.48. The highest BCUT2D eigenvalue weighted by atomic mass is 14.9. The second kappa shape index (κ2) is 4.80. The summed E-state index contributed by atoms with van der Waals surface area (Å²) in [5.41, 5.74) is 1.70. The van der Waals surface area contributed by atoms with E-state index in [1.807, 2.05) is 0 Å². The van der Waals surface area contributed by atoms with Crippen LogP contribution >= 0.6 is 0 Å². The molecule has 0 bridgehead atoms.